The van der Waals surface area contributed by atoms with E-state index < -0.39 is 0 Å². The fourth-order valence-corrected chi connectivity index (χ4v) is 1.53. The molecule has 0 aliphatic carbocycles. The van der Waals surface area contributed by atoms with Gasteiger partial charge in [0.1, 0.15) is 0 Å². The van der Waals surface area contributed by atoms with Gasteiger partial charge in [-0.05, 0) is 11.0 Å². The quantitative estimate of drug-likeness (QED) is 0.653. The maximum atomic E-state index is 5.30. The van der Waals surface area contributed by atoms with E-state index in [4.69, 9.17) is 8.40 Å². The molecule has 0 fully saturated rings. The van der Waals surface area contributed by atoms with E-state index in [1.165, 1.54) is 5.56 Å². The second-order valence-electron chi connectivity index (χ2n) is 2.43. The van der Waals surface area contributed by atoms with E-state index in [0.717, 1.165) is 5.46 Å². The van der Waals surface area contributed by atoms with Gasteiger partial charge in [0.2, 0.25) is 0 Å². The molecule has 11 heavy (non-hydrogen) atoms. The number of benzene rings is 1. The molecule has 2 rings (SSSR count). The summed E-state index contributed by atoms with van der Waals surface area (Å²) < 4.78 is 10.2. The Balaban J connectivity index is 2.39. The van der Waals surface area contributed by atoms with E-state index in [2.05, 4.69) is 16.3 Å². The zero-order valence-electron chi connectivity index (χ0n) is 5.79. The molecule has 0 unspecified atom stereocenters. The molecule has 0 atom stereocenters. The van der Waals surface area contributed by atoms with Gasteiger partial charge in [0, 0.05) is 0 Å². The third kappa shape index (κ3) is 1.22. The minimum atomic E-state index is -0.230. The summed E-state index contributed by atoms with van der Waals surface area (Å²) in [6, 6.07) is 8.03. The van der Waals surface area contributed by atoms with Crippen LogP contribution in [0, 0.1) is 0 Å². The number of hydrogen-bond donors (Lipinski definition) is 0. The van der Waals surface area contributed by atoms with Crippen LogP contribution in [0.2, 0.25) is 0 Å². The van der Waals surface area contributed by atoms with Gasteiger partial charge in [0.25, 0.3) is 0 Å². The Labute approximate surface area is 74.1 Å². The molecule has 4 heteroatoms. The van der Waals surface area contributed by atoms with Crippen LogP contribution in [-0.4, -0.2) is 7.12 Å². The molecule has 1 aliphatic heterocycles. The molecule has 0 amide bonds. The highest BCUT2D eigenvalue weighted by molar-refractivity contribution is 9.06. The second-order valence-corrected chi connectivity index (χ2v) is 2.80. The molecule has 0 N–H and O–H groups in total. The summed E-state index contributed by atoms with van der Waals surface area (Å²) in [5.41, 5.74) is 2.32. The van der Waals surface area contributed by atoms with Gasteiger partial charge >= 0.3 is 7.12 Å². The lowest BCUT2D eigenvalue weighted by Crippen LogP contribution is -2.28. The van der Waals surface area contributed by atoms with Crippen molar-refractivity contribution in [2.75, 3.05) is 0 Å². The third-order valence-electron chi connectivity index (χ3n) is 1.78. The monoisotopic (exact) mass is 212 g/mol. The van der Waals surface area contributed by atoms with Gasteiger partial charge in [-0.2, -0.15) is 0 Å². The summed E-state index contributed by atoms with van der Waals surface area (Å²) in [5.74, 6) is 0. The van der Waals surface area contributed by atoms with Crippen LogP contribution in [0.3, 0.4) is 0 Å². The first-order valence-corrected chi connectivity index (χ1v) is 4.03. The van der Waals surface area contributed by atoms with Crippen molar-refractivity contribution in [3.05, 3.63) is 29.8 Å². The molecule has 0 saturated carbocycles. The van der Waals surface area contributed by atoms with Crippen molar-refractivity contribution in [2.24, 2.45) is 0 Å². The molecular formula is C7H6BBrO2. The number of hydrogen-bond acceptors (Lipinski definition) is 2. The summed E-state index contributed by atoms with van der Waals surface area (Å²) in [7, 11) is -0.230. The minimum absolute atomic E-state index is 0.230. The van der Waals surface area contributed by atoms with Gasteiger partial charge in [0.05, 0.1) is 22.9 Å². The van der Waals surface area contributed by atoms with Crippen LogP contribution in [0.4, 0.5) is 0 Å². The average molecular weight is 213 g/mol. The van der Waals surface area contributed by atoms with Crippen LogP contribution in [0.1, 0.15) is 5.56 Å². The first-order chi connectivity index (χ1) is 5.42. The Morgan fingerprint density at radius 3 is 3.09 bits per heavy atom. The Morgan fingerprint density at radius 1 is 1.45 bits per heavy atom. The van der Waals surface area contributed by atoms with Gasteiger partial charge in [-0.15, -0.1) is 0 Å². The fourth-order valence-electron chi connectivity index (χ4n) is 1.22. The zero-order valence-corrected chi connectivity index (χ0v) is 7.37. The molecular weight excluding hydrogens is 207 g/mol. The van der Waals surface area contributed by atoms with Crippen LogP contribution in [0.25, 0.3) is 0 Å². The van der Waals surface area contributed by atoms with Gasteiger partial charge in [-0.1, -0.05) is 24.3 Å². The largest absolute Gasteiger partial charge is 0.505 e. The number of rotatable bonds is 1. The molecule has 2 nitrogen and oxygen atoms in total. The van der Waals surface area contributed by atoms with Gasteiger partial charge in [0.15, 0.2) is 0 Å². The average Bonchev–Trinajstić information content (AvgIpc) is 2.47. The molecule has 1 aliphatic rings. The lowest BCUT2D eigenvalue weighted by Gasteiger charge is -1.98. The van der Waals surface area contributed by atoms with E-state index in [-0.39, 0.29) is 7.12 Å². The lowest BCUT2D eigenvalue weighted by atomic mass is 9.80. The second kappa shape index (κ2) is 2.97. The van der Waals surface area contributed by atoms with E-state index >= 15 is 0 Å². The molecule has 0 aromatic heterocycles. The van der Waals surface area contributed by atoms with Crippen molar-refractivity contribution in [3.8, 4) is 0 Å². The Bertz CT molecular complexity index is 266. The number of fused-ring (bicyclic) bond motifs is 1. The van der Waals surface area contributed by atoms with E-state index in [0.29, 0.717) is 6.61 Å². The molecule has 0 radical (unpaired) electrons. The summed E-state index contributed by atoms with van der Waals surface area (Å²) in [6.07, 6.45) is 0. The standard InChI is InChI=1S/C7H6BBrO2/c9-11-8-7-4-2-1-3-6(7)5-10-8/h1-4H,5H2. The highest BCUT2D eigenvalue weighted by Crippen LogP contribution is 2.11. The van der Waals surface area contributed by atoms with Crippen LogP contribution in [-0.2, 0) is 15.0 Å². The van der Waals surface area contributed by atoms with Crippen LogP contribution in [0.15, 0.2) is 24.3 Å². The molecule has 0 bridgehead atoms. The van der Waals surface area contributed by atoms with E-state index in [1.54, 1.807) is 0 Å². The van der Waals surface area contributed by atoms with Crippen molar-refractivity contribution < 1.29 is 8.40 Å². The predicted molar refractivity (Wildman–Crippen MR) is 46.6 cm³/mol. The first kappa shape index (κ1) is 7.34. The van der Waals surface area contributed by atoms with Crippen molar-refractivity contribution >= 4 is 28.8 Å². The van der Waals surface area contributed by atoms with Crippen molar-refractivity contribution in [1.82, 2.24) is 0 Å². The summed E-state index contributed by atoms with van der Waals surface area (Å²) >= 11 is 2.92. The molecule has 1 heterocycles. The molecule has 1 aromatic rings. The third-order valence-corrected chi connectivity index (χ3v) is 2.12. The Kier molecular flexibility index (Phi) is 1.98. The molecule has 56 valence electrons. The van der Waals surface area contributed by atoms with E-state index in [1.807, 2.05) is 24.3 Å². The zero-order chi connectivity index (χ0) is 7.68. The topological polar surface area (TPSA) is 18.5 Å². The van der Waals surface area contributed by atoms with Crippen molar-refractivity contribution in [1.29, 1.82) is 0 Å². The molecule has 0 saturated heterocycles. The Morgan fingerprint density at radius 2 is 2.27 bits per heavy atom. The van der Waals surface area contributed by atoms with Gasteiger partial charge < -0.3 is 8.40 Å². The Hall–Kier alpha value is -0.315. The smallest absolute Gasteiger partial charge is 0.403 e. The minimum Gasteiger partial charge on any atom is -0.403 e. The summed E-state index contributed by atoms with van der Waals surface area (Å²) in [5, 5.41) is 0. The van der Waals surface area contributed by atoms with Crippen molar-refractivity contribution in [3.63, 3.8) is 0 Å². The van der Waals surface area contributed by atoms with E-state index in [9.17, 15) is 0 Å². The van der Waals surface area contributed by atoms with Crippen LogP contribution in [0.5, 0.6) is 0 Å². The highest BCUT2D eigenvalue weighted by Gasteiger charge is 2.29. The maximum absolute atomic E-state index is 5.30. The summed E-state index contributed by atoms with van der Waals surface area (Å²) in [4.78, 5) is 0. The van der Waals surface area contributed by atoms with Crippen LogP contribution < -0.4 is 5.46 Å². The van der Waals surface area contributed by atoms with Crippen LogP contribution >= 0.6 is 16.3 Å². The maximum Gasteiger partial charge on any atom is 0.505 e. The fraction of sp³-hybridized carbons (Fsp3) is 0.143. The predicted octanol–water partition coefficient (Wildman–Crippen LogP) is 1.24. The molecule has 0 spiro atoms. The SMILES string of the molecule is BrOB1OCc2ccccc21. The highest BCUT2D eigenvalue weighted by atomic mass is 79.9. The van der Waals surface area contributed by atoms with Gasteiger partial charge in [-0.25, -0.2) is 0 Å². The normalized spacial score (nSPS) is 15.2. The first-order valence-electron chi connectivity index (χ1n) is 3.38. The van der Waals surface area contributed by atoms with Gasteiger partial charge in [-0.3, -0.25) is 0 Å². The number of halogens is 1. The lowest BCUT2D eigenvalue weighted by molar-refractivity contribution is 0.293. The van der Waals surface area contributed by atoms with Crippen molar-refractivity contribution in [2.45, 2.75) is 6.61 Å². The molecule has 1 aromatic carbocycles. The summed E-state index contributed by atoms with van der Waals surface area (Å²) in [6.45, 7) is 0.645.